The Morgan fingerprint density at radius 2 is 2.00 bits per heavy atom. The van der Waals surface area contributed by atoms with Crippen LogP contribution in [-0.2, 0) is 4.79 Å². The van der Waals surface area contributed by atoms with Gasteiger partial charge >= 0.3 is 0 Å². The Morgan fingerprint density at radius 3 is 2.52 bits per heavy atom. The zero-order chi connectivity index (χ0) is 16.0. The lowest BCUT2D eigenvalue weighted by atomic mass is 10.1. The fourth-order valence-corrected chi connectivity index (χ4v) is 2.94. The number of carbonyl (C=O) groups excluding carboxylic acids is 1. The summed E-state index contributed by atoms with van der Waals surface area (Å²) >= 11 is 3.55. The van der Waals surface area contributed by atoms with Crippen molar-refractivity contribution in [1.82, 2.24) is 10.2 Å². The third-order valence-electron chi connectivity index (χ3n) is 3.40. The number of hydrogen-bond acceptors (Lipinski definition) is 2. The van der Waals surface area contributed by atoms with Crippen LogP contribution in [0.15, 0.2) is 40.9 Å². The summed E-state index contributed by atoms with van der Waals surface area (Å²) in [5.41, 5.74) is 2.15. The van der Waals surface area contributed by atoms with Crippen LogP contribution in [0.4, 0.5) is 0 Å². The first-order valence-corrected chi connectivity index (χ1v) is 8.09. The molecule has 0 bridgehead atoms. The van der Waals surface area contributed by atoms with Gasteiger partial charge < -0.3 is 4.90 Å². The first kappa shape index (κ1) is 17.9. The molecular weight excluding hydrogens is 328 g/mol. The van der Waals surface area contributed by atoms with E-state index >= 15 is 0 Å². The fraction of sp³-hybridized carbons (Fsp3) is 0.471. The van der Waals surface area contributed by atoms with Crippen molar-refractivity contribution >= 4 is 21.8 Å². The van der Waals surface area contributed by atoms with E-state index in [1.807, 2.05) is 43.9 Å². The minimum Gasteiger partial charge on any atom is -0.338 e. The SMILES string of the molecule is C=C(C)CN(CC)C(=O)C(C)NC(C)c1ccccc1Br. The van der Waals surface area contributed by atoms with Crippen molar-refractivity contribution in [2.45, 2.75) is 39.8 Å². The molecule has 1 aromatic carbocycles. The maximum Gasteiger partial charge on any atom is 0.239 e. The average Bonchev–Trinajstić information content (AvgIpc) is 2.44. The van der Waals surface area contributed by atoms with Crippen LogP contribution in [0.1, 0.15) is 39.3 Å². The van der Waals surface area contributed by atoms with Crippen LogP contribution in [0.3, 0.4) is 0 Å². The number of likely N-dealkylation sites (N-methyl/N-ethyl adjacent to an activating group) is 1. The van der Waals surface area contributed by atoms with E-state index in [9.17, 15) is 4.79 Å². The van der Waals surface area contributed by atoms with Crippen LogP contribution >= 0.6 is 15.9 Å². The summed E-state index contributed by atoms with van der Waals surface area (Å²) in [6, 6.07) is 7.93. The van der Waals surface area contributed by atoms with Gasteiger partial charge in [0.1, 0.15) is 0 Å². The molecule has 21 heavy (non-hydrogen) atoms. The van der Waals surface area contributed by atoms with Gasteiger partial charge in [-0.05, 0) is 39.3 Å². The van der Waals surface area contributed by atoms with Crippen molar-refractivity contribution in [3.8, 4) is 0 Å². The van der Waals surface area contributed by atoms with Gasteiger partial charge in [-0.15, -0.1) is 0 Å². The van der Waals surface area contributed by atoms with Gasteiger partial charge in [0.05, 0.1) is 6.04 Å². The van der Waals surface area contributed by atoms with E-state index in [0.29, 0.717) is 13.1 Å². The van der Waals surface area contributed by atoms with Crippen molar-refractivity contribution in [1.29, 1.82) is 0 Å². The van der Waals surface area contributed by atoms with Crippen LogP contribution in [-0.4, -0.2) is 29.9 Å². The molecule has 0 saturated carbocycles. The van der Waals surface area contributed by atoms with E-state index in [-0.39, 0.29) is 18.0 Å². The molecule has 0 radical (unpaired) electrons. The molecule has 0 aromatic heterocycles. The summed E-state index contributed by atoms with van der Waals surface area (Å²) in [5, 5.41) is 3.37. The number of amides is 1. The van der Waals surface area contributed by atoms with Crippen molar-refractivity contribution in [3.05, 3.63) is 46.5 Å². The molecule has 0 heterocycles. The van der Waals surface area contributed by atoms with E-state index < -0.39 is 0 Å². The van der Waals surface area contributed by atoms with Gasteiger partial charge in [-0.25, -0.2) is 0 Å². The average molecular weight is 353 g/mol. The minimum absolute atomic E-state index is 0.100. The van der Waals surface area contributed by atoms with E-state index in [0.717, 1.165) is 15.6 Å². The normalized spacial score (nSPS) is 13.6. The van der Waals surface area contributed by atoms with Crippen LogP contribution < -0.4 is 5.32 Å². The molecule has 0 aliphatic carbocycles. The Hall–Kier alpha value is -1.13. The molecule has 1 amide bonds. The zero-order valence-corrected chi connectivity index (χ0v) is 14.9. The monoisotopic (exact) mass is 352 g/mol. The molecular formula is C17H25BrN2O. The van der Waals surface area contributed by atoms with Crippen LogP contribution in [0.5, 0.6) is 0 Å². The molecule has 0 spiro atoms. The minimum atomic E-state index is -0.230. The summed E-state index contributed by atoms with van der Waals surface area (Å²) in [7, 11) is 0. The predicted octanol–water partition coefficient (Wildman–Crippen LogP) is 3.91. The summed E-state index contributed by atoms with van der Waals surface area (Å²) in [6.07, 6.45) is 0. The molecule has 2 unspecified atom stereocenters. The lowest BCUT2D eigenvalue weighted by molar-refractivity contribution is -0.132. The molecule has 1 N–H and O–H groups in total. The summed E-state index contributed by atoms with van der Waals surface area (Å²) in [5.74, 6) is 0.111. The largest absolute Gasteiger partial charge is 0.338 e. The summed E-state index contributed by atoms with van der Waals surface area (Å²) in [4.78, 5) is 14.3. The van der Waals surface area contributed by atoms with Gasteiger partial charge in [-0.2, -0.15) is 0 Å². The van der Waals surface area contributed by atoms with E-state index in [1.54, 1.807) is 0 Å². The second kappa shape index (κ2) is 8.35. The second-order valence-corrected chi connectivity index (χ2v) is 6.30. The highest BCUT2D eigenvalue weighted by Gasteiger charge is 2.21. The Bertz CT molecular complexity index is 501. The van der Waals surface area contributed by atoms with Gasteiger partial charge in [0.2, 0.25) is 5.91 Å². The molecule has 3 nitrogen and oxygen atoms in total. The predicted molar refractivity (Wildman–Crippen MR) is 92.2 cm³/mol. The molecule has 0 aliphatic heterocycles. The van der Waals surface area contributed by atoms with Crippen molar-refractivity contribution in [2.24, 2.45) is 0 Å². The third-order valence-corrected chi connectivity index (χ3v) is 4.12. The van der Waals surface area contributed by atoms with Gasteiger partial charge in [0.15, 0.2) is 0 Å². The van der Waals surface area contributed by atoms with Gasteiger partial charge in [0.25, 0.3) is 0 Å². The lowest BCUT2D eigenvalue weighted by Crippen LogP contribution is -2.46. The third kappa shape index (κ3) is 5.29. The number of halogens is 1. The molecule has 0 aliphatic rings. The van der Waals surface area contributed by atoms with E-state index in [4.69, 9.17) is 0 Å². The van der Waals surface area contributed by atoms with Crippen LogP contribution in [0.2, 0.25) is 0 Å². The first-order chi connectivity index (χ1) is 9.86. The second-order valence-electron chi connectivity index (χ2n) is 5.44. The highest BCUT2D eigenvalue weighted by atomic mass is 79.9. The molecule has 1 aromatic rings. The standard InChI is InChI=1S/C17H25BrN2O/c1-6-20(11-12(2)3)17(21)14(5)19-13(4)15-9-7-8-10-16(15)18/h7-10,13-14,19H,2,6,11H2,1,3-5H3. The Morgan fingerprint density at radius 1 is 1.38 bits per heavy atom. The summed E-state index contributed by atoms with van der Waals surface area (Å²) < 4.78 is 1.05. The first-order valence-electron chi connectivity index (χ1n) is 7.30. The number of nitrogens with zero attached hydrogens (tertiary/aromatic N) is 1. The number of carbonyl (C=O) groups is 1. The van der Waals surface area contributed by atoms with Crippen LogP contribution in [0.25, 0.3) is 0 Å². The Labute approximate surface area is 136 Å². The lowest BCUT2D eigenvalue weighted by Gasteiger charge is -2.27. The fourth-order valence-electron chi connectivity index (χ4n) is 2.31. The number of hydrogen-bond donors (Lipinski definition) is 1. The Balaban J connectivity index is 2.71. The van der Waals surface area contributed by atoms with E-state index in [2.05, 4.69) is 40.8 Å². The highest BCUT2D eigenvalue weighted by Crippen LogP contribution is 2.23. The van der Waals surface area contributed by atoms with Gasteiger partial charge in [-0.3, -0.25) is 10.1 Å². The zero-order valence-electron chi connectivity index (χ0n) is 13.3. The number of rotatable bonds is 7. The number of nitrogens with one attached hydrogen (secondary N) is 1. The molecule has 2 atom stereocenters. The Kier molecular flexibility index (Phi) is 7.12. The molecule has 116 valence electrons. The number of benzene rings is 1. The summed E-state index contributed by atoms with van der Waals surface area (Å²) in [6.45, 7) is 13.1. The smallest absolute Gasteiger partial charge is 0.239 e. The highest BCUT2D eigenvalue weighted by molar-refractivity contribution is 9.10. The quantitative estimate of drug-likeness (QED) is 0.754. The van der Waals surface area contributed by atoms with Crippen LogP contribution in [0, 0.1) is 0 Å². The molecule has 1 rings (SSSR count). The van der Waals surface area contributed by atoms with Gasteiger partial charge in [0, 0.05) is 23.6 Å². The van der Waals surface area contributed by atoms with Gasteiger partial charge in [-0.1, -0.05) is 46.3 Å². The molecule has 0 fully saturated rings. The molecule has 0 saturated heterocycles. The van der Waals surface area contributed by atoms with Crippen molar-refractivity contribution in [2.75, 3.05) is 13.1 Å². The topological polar surface area (TPSA) is 32.3 Å². The maximum absolute atomic E-state index is 12.5. The molecule has 4 heteroatoms. The van der Waals surface area contributed by atoms with Crippen molar-refractivity contribution in [3.63, 3.8) is 0 Å². The van der Waals surface area contributed by atoms with Crippen molar-refractivity contribution < 1.29 is 4.79 Å². The van der Waals surface area contributed by atoms with E-state index in [1.165, 1.54) is 0 Å². The maximum atomic E-state index is 12.5.